The number of amides is 2. The highest BCUT2D eigenvalue weighted by Crippen LogP contribution is 2.19. The minimum atomic E-state index is -0.350. The van der Waals surface area contributed by atoms with Crippen LogP contribution in [0.25, 0.3) is 11.3 Å². The maximum Gasteiger partial charge on any atom is 0.290 e. The summed E-state index contributed by atoms with van der Waals surface area (Å²) in [4.78, 5) is 26.5. The Kier molecular flexibility index (Phi) is 5.19. The van der Waals surface area contributed by atoms with Gasteiger partial charge >= 0.3 is 0 Å². The first-order valence-corrected chi connectivity index (χ1v) is 9.34. The van der Waals surface area contributed by atoms with Gasteiger partial charge in [0, 0.05) is 31.1 Å². The van der Waals surface area contributed by atoms with E-state index in [1.54, 1.807) is 11.0 Å². The molecule has 1 aliphatic heterocycles. The average Bonchev–Trinajstić information content (AvgIpc) is 3.35. The van der Waals surface area contributed by atoms with E-state index in [4.69, 9.17) is 4.52 Å². The molecule has 1 fully saturated rings. The fraction of sp³-hybridized carbons (Fsp3) is 0.227. The highest BCUT2D eigenvalue weighted by atomic mass is 16.5. The SMILES string of the molecule is O=C(N[C@H]1CC(=O)N(CCc2ccccc2)C1)c1cc(-c2ccccc2)no1. The van der Waals surface area contributed by atoms with E-state index in [-0.39, 0.29) is 23.6 Å². The lowest BCUT2D eigenvalue weighted by molar-refractivity contribution is -0.127. The lowest BCUT2D eigenvalue weighted by Crippen LogP contribution is -2.37. The Morgan fingerprint density at radius 3 is 2.57 bits per heavy atom. The molecule has 0 unspecified atom stereocenters. The maximum atomic E-state index is 12.5. The van der Waals surface area contributed by atoms with Gasteiger partial charge in [-0.05, 0) is 12.0 Å². The number of hydrogen-bond acceptors (Lipinski definition) is 4. The molecule has 3 aromatic rings. The molecule has 1 aliphatic rings. The van der Waals surface area contributed by atoms with Crippen LogP contribution in [0.3, 0.4) is 0 Å². The lowest BCUT2D eigenvalue weighted by Gasteiger charge is -2.16. The van der Waals surface area contributed by atoms with E-state index >= 15 is 0 Å². The minimum absolute atomic E-state index is 0.0591. The fourth-order valence-electron chi connectivity index (χ4n) is 3.38. The van der Waals surface area contributed by atoms with Crippen molar-refractivity contribution in [1.29, 1.82) is 0 Å². The summed E-state index contributed by atoms with van der Waals surface area (Å²) in [6.07, 6.45) is 1.11. The quantitative estimate of drug-likeness (QED) is 0.719. The molecule has 1 N–H and O–H groups in total. The van der Waals surface area contributed by atoms with Crippen molar-refractivity contribution in [2.45, 2.75) is 18.9 Å². The zero-order valence-corrected chi connectivity index (χ0v) is 15.4. The summed E-state index contributed by atoms with van der Waals surface area (Å²) < 4.78 is 5.19. The highest BCUT2D eigenvalue weighted by molar-refractivity contribution is 5.93. The van der Waals surface area contributed by atoms with Crippen LogP contribution in [0.4, 0.5) is 0 Å². The van der Waals surface area contributed by atoms with E-state index in [0.717, 1.165) is 12.0 Å². The zero-order valence-electron chi connectivity index (χ0n) is 15.4. The Morgan fingerprint density at radius 2 is 1.82 bits per heavy atom. The van der Waals surface area contributed by atoms with Crippen LogP contribution >= 0.6 is 0 Å². The number of benzene rings is 2. The summed E-state index contributed by atoms with van der Waals surface area (Å²) in [6.45, 7) is 1.16. The van der Waals surface area contributed by atoms with Crippen LogP contribution in [-0.2, 0) is 11.2 Å². The van der Waals surface area contributed by atoms with Crippen molar-refractivity contribution in [3.63, 3.8) is 0 Å². The summed E-state index contributed by atoms with van der Waals surface area (Å²) in [5.74, 6) is -0.143. The molecule has 0 aliphatic carbocycles. The Hall–Kier alpha value is -3.41. The van der Waals surface area contributed by atoms with Gasteiger partial charge in [-0.3, -0.25) is 9.59 Å². The summed E-state index contributed by atoms with van der Waals surface area (Å²) in [6, 6.07) is 21.0. The number of nitrogens with zero attached hydrogens (tertiary/aromatic N) is 2. The molecule has 4 rings (SSSR count). The van der Waals surface area contributed by atoms with E-state index in [9.17, 15) is 9.59 Å². The van der Waals surface area contributed by atoms with Crippen LogP contribution in [0.15, 0.2) is 71.3 Å². The molecule has 2 aromatic carbocycles. The molecule has 0 saturated carbocycles. The first-order valence-electron chi connectivity index (χ1n) is 9.34. The predicted octanol–water partition coefficient (Wildman–Crippen LogP) is 2.92. The Bertz CT molecular complexity index is 953. The van der Waals surface area contributed by atoms with Crippen molar-refractivity contribution >= 4 is 11.8 Å². The van der Waals surface area contributed by atoms with Gasteiger partial charge in [-0.1, -0.05) is 65.8 Å². The summed E-state index contributed by atoms with van der Waals surface area (Å²) >= 11 is 0. The monoisotopic (exact) mass is 375 g/mol. The van der Waals surface area contributed by atoms with Crippen molar-refractivity contribution in [2.24, 2.45) is 0 Å². The summed E-state index contributed by atoms with van der Waals surface area (Å²) in [7, 11) is 0. The molecule has 1 aromatic heterocycles. The third kappa shape index (κ3) is 4.11. The second kappa shape index (κ2) is 8.08. The molecular weight excluding hydrogens is 354 g/mol. The number of carbonyl (C=O) groups excluding carboxylic acids is 2. The number of carbonyl (C=O) groups is 2. The molecule has 0 radical (unpaired) electrons. The largest absolute Gasteiger partial charge is 0.350 e. The van der Waals surface area contributed by atoms with Crippen LogP contribution in [0, 0.1) is 0 Å². The van der Waals surface area contributed by atoms with E-state index in [0.29, 0.717) is 25.2 Å². The van der Waals surface area contributed by atoms with Crippen molar-refractivity contribution in [3.05, 3.63) is 78.1 Å². The molecule has 0 spiro atoms. The molecule has 0 bridgehead atoms. The van der Waals surface area contributed by atoms with Gasteiger partial charge in [0.05, 0.1) is 6.04 Å². The van der Waals surface area contributed by atoms with Crippen molar-refractivity contribution in [1.82, 2.24) is 15.4 Å². The third-order valence-corrected chi connectivity index (χ3v) is 4.87. The molecule has 142 valence electrons. The third-order valence-electron chi connectivity index (χ3n) is 4.87. The van der Waals surface area contributed by atoms with Crippen molar-refractivity contribution < 1.29 is 14.1 Å². The average molecular weight is 375 g/mol. The first-order chi connectivity index (χ1) is 13.7. The molecule has 1 atom stereocenters. The fourth-order valence-corrected chi connectivity index (χ4v) is 3.38. The topological polar surface area (TPSA) is 75.4 Å². The molecule has 6 nitrogen and oxygen atoms in total. The smallest absolute Gasteiger partial charge is 0.290 e. The van der Waals surface area contributed by atoms with Crippen LogP contribution in [0.1, 0.15) is 22.5 Å². The Balaban J connectivity index is 1.33. The molecule has 6 heteroatoms. The van der Waals surface area contributed by atoms with Crippen LogP contribution in [-0.4, -0.2) is 41.0 Å². The Morgan fingerprint density at radius 1 is 1.11 bits per heavy atom. The number of hydrogen-bond donors (Lipinski definition) is 1. The van der Waals surface area contributed by atoms with Crippen LogP contribution in [0.5, 0.6) is 0 Å². The predicted molar refractivity (Wildman–Crippen MR) is 105 cm³/mol. The normalized spacial score (nSPS) is 16.4. The molecule has 28 heavy (non-hydrogen) atoms. The number of likely N-dealkylation sites (tertiary alicyclic amines) is 1. The van der Waals surface area contributed by atoms with Crippen molar-refractivity contribution in [2.75, 3.05) is 13.1 Å². The summed E-state index contributed by atoms with van der Waals surface area (Å²) in [5.41, 5.74) is 2.68. The van der Waals surface area contributed by atoms with Crippen molar-refractivity contribution in [3.8, 4) is 11.3 Å². The van der Waals surface area contributed by atoms with E-state index in [1.165, 1.54) is 5.56 Å². The highest BCUT2D eigenvalue weighted by Gasteiger charge is 2.31. The number of nitrogens with one attached hydrogen (secondary N) is 1. The summed E-state index contributed by atoms with van der Waals surface area (Å²) in [5, 5.41) is 6.85. The van der Waals surface area contributed by atoms with Gasteiger partial charge < -0.3 is 14.7 Å². The van der Waals surface area contributed by atoms with Crippen LogP contribution < -0.4 is 5.32 Å². The van der Waals surface area contributed by atoms with Gasteiger partial charge in [0.2, 0.25) is 11.7 Å². The second-order valence-electron chi connectivity index (χ2n) is 6.89. The van der Waals surface area contributed by atoms with Gasteiger partial charge in [-0.2, -0.15) is 0 Å². The van der Waals surface area contributed by atoms with Crippen LogP contribution in [0.2, 0.25) is 0 Å². The second-order valence-corrected chi connectivity index (χ2v) is 6.89. The lowest BCUT2D eigenvalue weighted by atomic mass is 10.1. The van der Waals surface area contributed by atoms with E-state index in [2.05, 4.69) is 10.5 Å². The van der Waals surface area contributed by atoms with E-state index in [1.807, 2.05) is 60.7 Å². The van der Waals surface area contributed by atoms with Gasteiger partial charge in [0.1, 0.15) is 5.69 Å². The standard InChI is InChI=1S/C22H21N3O3/c26-21-13-18(15-25(21)12-11-16-7-3-1-4-8-16)23-22(27)20-14-19(24-28-20)17-9-5-2-6-10-17/h1-10,14,18H,11-13,15H2,(H,23,27)/t18-/m0/s1. The molecule has 2 amide bonds. The molecule has 2 heterocycles. The zero-order chi connectivity index (χ0) is 19.3. The molecular formula is C22H21N3O3. The first kappa shape index (κ1) is 18.0. The number of rotatable bonds is 6. The van der Waals surface area contributed by atoms with Gasteiger partial charge in [-0.25, -0.2) is 0 Å². The van der Waals surface area contributed by atoms with Gasteiger partial charge in [-0.15, -0.1) is 0 Å². The van der Waals surface area contributed by atoms with Gasteiger partial charge in [0.25, 0.3) is 5.91 Å². The molecule has 1 saturated heterocycles. The Labute approximate surface area is 163 Å². The van der Waals surface area contributed by atoms with Gasteiger partial charge in [0.15, 0.2) is 0 Å². The van der Waals surface area contributed by atoms with E-state index < -0.39 is 0 Å². The maximum absolute atomic E-state index is 12.5. The minimum Gasteiger partial charge on any atom is -0.350 e. The number of aromatic nitrogens is 1.